The molecular formula is C10H18ClN3S. The second-order valence-electron chi connectivity index (χ2n) is 3.89. The van der Waals surface area contributed by atoms with Crippen LogP contribution >= 0.6 is 23.7 Å². The third kappa shape index (κ3) is 3.72. The Labute approximate surface area is 101 Å². The lowest BCUT2D eigenvalue weighted by Gasteiger charge is -2.19. The molecule has 1 saturated heterocycles. The van der Waals surface area contributed by atoms with Crippen molar-refractivity contribution in [2.45, 2.75) is 25.4 Å². The number of hydrogen-bond donors (Lipinski definition) is 1. The van der Waals surface area contributed by atoms with E-state index in [9.17, 15) is 0 Å². The Morgan fingerprint density at radius 2 is 2.53 bits per heavy atom. The predicted octanol–water partition coefficient (Wildman–Crippen LogP) is 1.75. The molecule has 1 aromatic rings. The first-order chi connectivity index (χ1) is 6.86. The van der Waals surface area contributed by atoms with Gasteiger partial charge in [-0.15, -0.1) is 23.7 Å². The van der Waals surface area contributed by atoms with Crippen LogP contribution in [0.1, 0.15) is 18.5 Å². The number of rotatable bonds is 4. The van der Waals surface area contributed by atoms with Gasteiger partial charge in [0.2, 0.25) is 0 Å². The van der Waals surface area contributed by atoms with Crippen LogP contribution in [0.25, 0.3) is 0 Å². The topological polar surface area (TPSA) is 28.2 Å². The molecule has 0 amide bonds. The minimum absolute atomic E-state index is 0. The number of nitrogens with zero attached hydrogens (tertiary/aromatic N) is 2. The van der Waals surface area contributed by atoms with E-state index in [1.54, 1.807) is 11.3 Å². The van der Waals surface area contributed by atoms with E-state index in [1.165, 1.54) is 19.4 Å². The van der Waals surface area contributed by atoms with Gasteiger partial charge in [-0.1, -0.05) is 0 Å². The largest absolute Gasteiger partial charge is 0.310 e. The highest BCUT2D eigenvalue weighted by molar-refractivity contribution is 7.07. The standard InChI is InChI=1S/C10H17N3S.ClH/c1-13-4-2-3-10(13)6-11-5-9-7-14-8-12-9;/h7-8,10-11H,2-6H2,1H3;1H. The van der Waals surface area contributed by atoms with Gasteiger partial charge in [-0.3, -0.25) is 0 Å². The zero-order valence-electron chi connectivity index (χ0n) is 8.98. The first-order valence-electron chi connectivity index (χ1n) is 5.14. The van der Waals surface area contributed by atoms with Crippen LogP contribution in [0.5, 0.6) is 0 Å². The lowest BCUT2D eigenvalue weighted by atomic mass is 10.2. The average Bonchev–Trinajstić information content (AvgIpc) is 2.78. The van der Waals surface area contributed by atoms with Gasteiger partial charge >= 0.3 is 0 Å². The van der Waals surface area contributed by atoms with Crippen LogP contribution in [0, 0.1) is 0 Å². The van der Waals surface area contributed by atoms with Crippen molar-refractivity contribution >= 4 is 23.7 Å². The van der Waals surface area contributed by atoms with E-state index in [-0.39, 0.29) is 12.4 Å². The average molecular weight is 248 g/mol. The Hall–Kier alpha value is -0.160. The number of nitrogens with one attached hydrogen (secondary N) is 1. The quantitative estimate of drug-likeness (QED) is 0.879. The van der Waals surface area contributed by atoms with Crippen molar-refractivity contribution in [3.8, 4) is 0 Å². The second kappa shape index (κ2) is 6.43. The molecule has 0 radical (unpaired) electrons. The molecule has 2 rings (SSSR count). The van der Waals surface area contributed by atoms with E-state index in [0.29, 0.717) is 0 Å². The van der Waals surface area contributed by atoms with Crippen LogP contribution in [0.2, 0.25) is 0 Å². The third-order valence-corrected chi connectivity index (χ3v) is 3.48. The van der Waals surface area contributed by atoms with Crippen LogP contribution in [0.3, 0.4) is 0 Å². The molecule has 1 N–H and O–H groups in total. The highest BCUT2D eigenvalue weighted by atomic mass is 35.5. The molecule has 1 aromatic heterocycles. The highest BCUT2D eigenvalue weighted by Gasteiger charge is 2.19. The number of likely N-dealkylation sites (N-methyl/N-ethyl adjacent to an activating group) is 1. The lowest BCUT2D eigenvalue weighted by molar-refractivity contribution is 0.300. The van der Waals surface area contributed by atoms with Crippen molar-refractivity contribution in [2.75, 3.05) is 20.1 Å². The lowest BCUT2D eigenvalue weighted by Crippen LogP contribution is -2.35. The maximum absolute atomic E-state index is 4.24. The fourth-order valence-corrected chi connectivity index (χ4v) is 2.49. The van der Waals surface area contributed by atoms with Crippen molar-refractivity contribution in [1.29, 1.82) is 0 Å². The van der Waals surface area contributed by atoms with Gasteiger partial charge in [-0.2, -0.15) is 0 Å². The van der Waals surface area contributed by atoms with E-state index < -0.39 is 0 Å². The van der Waals surface area contributed by atoms with Gasteiger partial charge in [-0.25, -0.2) is 4.98 Å². The maximum atomic E-state index is 4.24. The van der Waals surface area contributed by atoms with Gasteiger partial charge in [0.25, 0.3) is 0 Å². The number of aromatic nitrogens is 1. The summed E-state index contributed by atoms with van der Waals surface area (Å²) in [6, 6.07) is 0.730. The van der Waals surface area contributed by atoms with Crippen LogP contribution < -0.4 is 5.32 Å². The molecule has 1 atom stereocenters. The Balaban J connectivity index is 0.00000112. The van der Waals surface area contributed by atoms with Crippen LogP contribution in [0.4, 0.5) is 0 Å². The summed E-state index contributed by atoms with van der Waals surface area (Å²) >= 11 is 1.66. The number of halogens is 1. The molecule has 0 spiro atoms. The van der Waals surface area contributed by atoms with Gasteiger partial charge in [0.05, 0.1) is 11.2 Å². The minimum Gasteiger partial charge on any atom is -0.310 e. The molecule has 1 aliphatic rings. The number of likely N-dealkylation sites (tertiary alicyclic amines) is 1. The Morgan fingerprint density at radius 1 is 1.67 bits per heavy atom. The highest BCUT2D eigenvalue weighted by Crippen LogP contribution is 2.13. The molecule has 0 aliphatic carbocycles. The van der Waals surface area contributed by atoms with Crippen molar-refractivity contribution in [3.63, 3.8) is 0 Å². The predicted molar refractivity (Wildman–Crippen MR) is 66.7 cm³/mol. The fourth-order valence-electron chi connectivity index (χ4n) is 1.93. The summed E-state index contributed by atoms with van der Waals surface area (Å²) in [4.78, 5) is 6.68. The smallest absolute Gasteiger partial charge is 0.0795 e. The van der Waals surface area contributed by atoms with Gasteiger partial charge < -0.3 is 10.2 Å². The molecule has 15 heavy (non-hydrogen) atoms. The summed E-state index contributed by atoms with van der Waals surface area (Å²) in [5.74, 6) is 0. The summed E-state index contributed by atoms with van der Waals surface area (Å²) in [6.45, 7) is 3.25. The molecule has 2 heterocycles. The van der Waals surface area contributed by atoms with E-state index >= 15 is 0 Å². The zero-order valence-corrected chi connectivity index (χ0v) is 10.6. The Bertz CT molecular complexity index is 266. The summed E-state index contributed by atoms with van der Waals surface area (Å²) < 4.78 is 0. The van der Waals surface area contributed by atoms with Gasteiger partial charge in [-0.05, 0) is 26.4 Å². The van der Waals surface area contributed by atoms with Crippen LogP contribution in [0.15, 0.2) is 10.9 Å². The van der Waals surface area contributed by atoms with Crippen molar-refractivity contribution in [3.05, 3.63) is 16.6 Å². The third-order valence-electron chi connectivity index (χ3n) is 2.84. The van der Waals surface area contributed by atoms with Crippen molar-refractivity contribution in [2.24, 2.45) is 0 Å². The first kappa shape index (κ1) is 12.9. The van der Waals surface area contributed by atoms with Crippen LogP contribution in [-0.4, -0.2) is 36.1 Å². The first-order valence-corrected chi connectivity index (χ1v) is 6.08. The second-order valence-corrected chi connectivity index (χ2v) is 4.61. The Kier molecular flexibility index (Phi) is 5.53. The van der Waals surface area contributed by atoms with Gasteiger partial charge in [0.1, 0.15) is 0 Å². The molecule has 1 unspecified atom stereocenters. The molecule has 3 nitrogen and oxygen atoms in total. The van der Waals surface area contributed by atoms with E-state index in [0.717, 1.165) is 24.8 Å². The van der Waals surface area contributed by atoms with Crippen molar-refractivity contribution in [1.82, 2.24) is 15.2 Å². The molecule has 86 valence electrons. The molecule has 1 aliphatic heterocycles. The van der Waals surface area contributed by atoms with Crippen molar-refractivity contribution < 1.29 is 0 Å². The summed E-state index contributed by atoms with van der Waals surface area (Å²) in [5.41, 5.74) is 3.05. The summed E-state index contributed by atoms with van der Waals surface area (Å²) in [6.07, 6.45) is 2.68. The number of thiazole rings is 1. The van der Waals surface area contributed by atoms with Gasteiger partial charge in [0.15, 0.2) is 0 Å². The van der Waals surface area contributed by atoms with Gasteiger partial charge in [0, 0.05) is 24.5 Å². The molecule has 0 saturated carbocycles. The molecule has 1 fully saturated rings. The Morgan fingerprint density at radius 3 is 3.13 bits per heavy atom. The SMILES string of the molecule is CN1CCCC1CNCc1cscn1.Cl. The van der Waals surface area contributed by atoms with E-state index in [2.05, 4.69) is 27.6 Å². The monoisotopic (exact) mass is 247 g/mol. The molecule has 5 heteroatoms. The molecule has 0 aromatic carbocycles. The fraction of sp³-hybridized carbons (Fsp3) is 0.700. The molecule has 0 bridgehead atoms. The maximum Gasteiger partial charge on any atom is 0.0795 e. The zero-order chi connectivity index (χ0) is 9.80. The van der Waals surface area contributed by atoms with E-state index in [4.69, 9.17) is 0 Å². The molecular weight excluding hydrogens is 230 g/mol. The minimum atomic E-state index is 0. The van der Waals surface area contributed by atoms with E-state index in [1.807, 2.05) is 5.51 Å². The normalized spacial score (nSPS) is 21.5. The number of hydrogen-bond acceptors (Lipinski definition) is 4. The van der Waals surface area contributed by atoms with Crippen LogP contribution in [-0.2, 0) is 6.54 Å². The summed E-state index contributed by atoms with van der Waals surface area (Å²) in [5, 5.41) is 5.57. The summed E-state index contributed by atoms with van der Waals surface area (Å²) in [7, 11) is 2.21.